The fraction of sp³-hybridized carbons (Fsp3) is 0.417. The van der Waals surface area contributed by atoms with Crippen LogP contribution < -0.4 is 4.46 Å². The summed E-state index contributed by atoms with van der Waals surface area (Å²) >= 11 is 5.78. The summed E-state index contributed by atoms with van der Waals surface area (Å²) in [4.78, 5) is 0. The van der Waals surface area contributed by atoms with Crippen LogP contribution in [0.25, 0.3) is 0 Å². The summed E-state index contributed by atoms with van der Waals surface area (Å²) in [6.45, 7) is 2.23. The van der Waals surface area contributed by atoms with E-state index >= 15 is 0 Å². The van der Waals surface area contributed by atoms with Crippen molar-refractivity contribution in [2.45, 2.75) is 32.6 Å². The number of unbranched alkanes of at least 4 members (excludes halogenated alkanes) is 2. The molecule has 0 aliphatic rings. The van der Waals surface area contributed by atoms with Crippen LogP contribution in [-0.2, 0) is 0 Å². The molecule has 2 heteroatoms. The molecule has 14 heavy (non-hydrogen) atoms. The van der Waals surface area contributed by atoms with E-state index in [0.29, 0.717) is 15.0 Å². The van der Waals surface area contributed by atoms with Crippen LogP contribution in [0, 0.1) is 0 Å². The number of hydrogen-bond donors (Lipinski definition) is 0. The summed E-state index contributed by atoms with van der Waals surface area (Å²) in [5.41, 5.74) is 0. The zero-order valence-electron chi connectivity index (χ0n) is 8.53. The first-order valence-corrected chi connectivity index (χ1v) is 7.21. The molecule has 0 bridgehead atoms. The van der Waals surface area contributed by atoms with Crippen LogP contribution in [0.1, 0.15) is 32.6 Å². The molecule has 0 aromatic heterocycles. The van der Waals surface area contributed by atoms with Gasteiger partial charge in [0.2, 0.25) is 0 Å². The average Bonchev–Trinajstić information content (AvgIpc) is 2.20. The van der Waals surface area contributed by atoms with Crippen LogP contribution in [0.4, 0.5) is 0 Å². The topological polar surface area (TPSA) is 0 Å². The predicted molar refractivity (Wildman–Crippen MR) is 68.6 cm³/mol. The summed E-state index contributed by atoms with van der Waals surface area (Å²) in [7, 11) is 0. The van der Waals surface area contributed by atoms with Gasteiger partial charge in [0.05, 0.1) is 0 Å². The number of benzene rings is 1. The molecule has 0 nitrogen and oxygen atoms in total. The SMILES string of the molecule is CCCCCC(=S)[Se]c1ccccc1. The van der Waals surface area contributed by atoms with E-state index < -0.39 is 0 Å². The van der Waals surface area contributed by atoms with Gasteiger partial charge in [-0.3, -0.25) is 0 Å². The third-order valence-electron chi connectivity index (χ3n) is 1.96. The van der Waals surface area contributed by atoms with Gasteiger partial charge in [0, 0.05) is 0 Å². The minimum absolute atomic E-state index is 0.407. The van der Waals surface area contributed by atoms with Crippen molar-refractivity contribution < 1.29 is 0 Å². The summed E-state index contributed by atoms with van der Waals surface area (Å²) in [6.07, 6.45) is 4.99. The second-order valence-corrected chi connectivity index (χ2v) is 6.77. The molecule has 0 saturated heterocycles. The molecule has 0 aliphatic carbocycles. The van der Waals surface area contributed by atoms with Crippen LogP contribution in [0.15, 0.2) is 30.3 Å². The first kappa shape index (κ1) is 11.9. The van der Waals surface area contributed by atoms with Crippen LogP contribution in [-0.4, -0.2) is 18.7 Å². The molecule has 0 fully saturated rings. The fourth-order valence-electron chi connectivity index (χ4n) is 1.19. The van der Waals surface area contributed by atoms with Crippen LogP contribution in [0.2, 0.25) is 0 Å². The van der Waals surface area contributed by atoms with Gasteiger partial charge < -0.3 is 0 Å². The third kappa shape index (κ3) is 4.90. The summed E-state index contributed by atoms with van der Waals surface area (Å²) in [5, 5.41) is 0. The van der Waals surface area contributed by atoms with E-state index in [0.717, 1.165) is 6.42 Å². The molecule has 76 valence electrons. The van der Waals surface area contributed by atoms with Gasteiger partial charge in [-0.15, -0.1) is 0 Å². The molecular weight excluding hydrogens is 255 g/mol. The third-order valence-corrected chi connectivity index (χ3v) is 4.57. The van der Waals surface area contributed by atoms with Gasteiger partial charge in [-0.05, 0) is 0 Å². The molecule has 0 spiro atoms. The second-order valence-electron chi connectivity index (χ2n) is 3.24. The van der Waals surface area contributed by atoms with E-state index in [4.69, 9.17) is 12.2 Å². The van der Waals surface area contributed by atoms with E-state index in [1.165, 1.54) is 27.5 Å². The van der Waals surface area contributed by atoms with Crippen LogP contribution in [0.5, 0.6) is 0 Å². The molecule has 0 atom stereocenters. The van der Waals surface area contributed by atoms with Crippen molar-refractivity contribution in [2.24, 2.45) is 0 Å². The Morgan fingerprint density at radius 1 is 1.21 bits per heavy atom. The van der Waals surface area contributed by atoms with Crippen molar-refractivity contribution in [3.63, 3.8) is 0 Å². The Morgan fingerprint density at radius 3 is 2.57 bits per heavy atom. The molecule has 0 N–H and O–H groups in total. The minimum atomic E-state index is 0.407. The first-order valence-electron chi connectivity index (χ1n) is 5.08. The molecule has 1 aromatic carbocycles. The van der Waals surface area contributed by atoms with Gasteiger partial charge >= 0.3 is 98.3 Å². The second kappa shape index (κ2) is 7.16. The van der Waals surface area contributed by atoms with Crippen molar-refractivity contribution in [1.29, 1.82) is 0 Å². The monoisotopic (exact) mass is 272 g/mol. The van der Waals surface area contributed by atoms with Crippen LogP contribution in [0.3, 0.4) is 0 Å². The molecule has 0 aliphatic heterocycles. The number of rotatable bonds is 6. The maximum atomic E-state index is 5.38. The van der Waals surface area contributed by atoms with E-state index in [2.05, 4.69) is 37.3 Å². The molecule has 0 radical (unpaired) electrons. The Hall–Kier alpha value is -0.171. The number of thiocarbonyl (C=S) groups is 1. The number of hydrogen-bond acceptors (Lipinski definition) is 1. The predicted octanol–water partition coefficient (Wildman–Crippen LogP) is 2.92. The van der Waals surface area contributed by atoms with Gasteiger partial charge in [-0.1, -0.05) is 0 Å². The quantitative estimate of drug-likeness (QED) is 0.435. The first-order chi connectivity index (χ1) is 6.83. The Balaban J connectivity index is 2.27. The van der Waals surface area contributed by atoms with E-state index in [1.54, 1.807) is 0 Å². The fourth-order valence-corrected chi connectivity index (χ4v) is 3.52. The van der Waals surface area contributed by atoms with Crippen molar-refractivity contribution in [2.75, 3.05) is 0 Å². The molecule has 0 amide bonds. The van der Waals surface area contributed by atoms with E-state index in [1.807, 2.05) is 0 Å². The standard InChI is InChI=1S/C12H16SSe/c1-2-3-5-10-12(13)14-11-8-6-4-7-9-11/h4,6-9H,2-3,5,10H2,1H3. The molecule has 0 heterocycles. The summed E-state index contributed by atoms with van der Waals surface area (Å²) in [5.74, 6) is 0. The van der Waals surface area contributed by atoms with E-state index in [-0.39, 0.29) is 0 Å². The average molecular weight is 271 g/mol. The van der Waals surface area contributed by atoms with Crippen molar-refractivity contribution in [3.05, 3.63) is 30.3 Å². The van der Waals surface area contributed by atoms with Gasteiger partial charge in [-0.25, -0.2) is 0 Å². The molecule has 1 aromatic rings. The summed E-state index contributed by atoms with van der Waals surface area (Å²) < 4.78 is 2.67. The van der Waals surface area contributed by atoms with Crippen molar-refractivity contribution in [1.82, 2.24) is 0 Å². The Morgan fingerprint density at radius 2 is 1.93 bits per heavy atom. The zero-order valence-corrected chi connectivity index (χ0v) is 11.1. The van der Waals surface area contributed by atoms with Crippen molar-refractivity contribution in [3.8, 4) is 0 Å². The van der Waals surface area contributed by atoms with Crippen LogP contribution >= 0.6 is 12.2 Å². The van der Waals surface area contributed by atoms with Gasteiger partial charge in [0.25, 0.3) is 0 Å². The van der Waals surface area contributed by atoms with Gasteiger partial charge in [0.1, 0.15) is 0 Å². The normalized spacial score (nSPS) is 10.1. The maximum absolute atomic E-state index is 5.38. The van der Waals surface area contributed by atoms with Crippen molar-refractivity contribution >= 4 is 35.4 Å². The Labute approximate surface area is 98.3 Å². The Kier molecular flexibility index (Phi) is 6.09. The van der Waals surface area contributed by atoms with E-state index in [9.17, 15) is 0 Å². The molecule has 1 rings (SSSR count). The zero-order chi connectivity index (χ0) is 10.2. The Bertz CT molecular complexity index is 269. The molecule has 0 saturated carbocycles. The van der Waals surface area contributed by atoms with Gasteiger partial charge in [0.15, 0.2) is 0 Å². The molecule has 0 unspecified atom stereocenters. The summed E-state index contributed by atoms with van der Waals surface area (Å²) in [6, 6.07) is 10.6. The molecular formula is C12H16SSe. The van der Waals surface area contributed by atoms with Gasteiger partial charge in [-0.2, -0.15) is 0 Å².